The highest BCUT2D eigenvalue weighted by atomic mass is 32.2. The number of nitrogens with zero attached hydrogens (tertiary/aromatic N) is 2. The summed E-state index contributed by atoms with van der Waals surface area (Å²) in [7, 11) is 0. The van der Waals surface area contributed by atoms with Crippen molar-refractivity contribution in [3.8, 4) is 0 Å². The lowest BCUT2D eigenvalue weighted by Gasteiger charge is -2.09. The molecule has 5 nitrogen and oxygen atoms in total. The first kappa shape index (κ1) is 15.8. The summed E-state index contributed by atoms with van der Waals surface area (Å²) < 4.78 is 0. The molecule has 1 heterocycles. The molecule has 0 saturated heterocycles. The summed E-state index contributed by atoms with van der Waals surface area (Å²) in [6.07, 6.45) is 3.50. The van der Waals surface area contributed by atoms with E-state index in [0.29, 0.717) is 11.4 Å². The number of thioether (sulfide) groups is 1. The zero-order valence-electron chi connectivity index (χ0n) is 13.0. The topological polar surface area (TPSA) is 67.5 Å². The van der Waals surface area contributed by atoms with Crippen molar-refractivity contribution >= 4 is 39.1 Å². The standard InChI is InChI=1S/C17H19N3O2S/c1-2-3-6-12-11-23-17(18-12)19-15-9-10-16(20(21)22)14-8-5-4-7-13(14)15/h4-5,7-10,12H,2-3,6,11H2,1H3,(H,18,19). The van der Waals surface area contributed by atoms with Crippen LogP contribution in [0.3, 0.4) is 0 Å². The Morgan fingerprint density at radius 2 is 2.09 bits per heavy atom. The van der Waals surface area contributed by atoms with Gasteiger partial charge in [-0.3, -0.25) is 15.1 Å². The monoisotopic (exact) mass is 329 g/mol. The number of rotatable bonds is 5. The lowest BCUT2D eigenvalue weighted by Crippen LogP contribution is -2.06. The largest absolute Gasteiger partial charge is 0.334 e. The third-order valence-electron chi connectivity index (χ3n) is 3.94. The number of nitro benzene ring substituents is 1. The van der Waals surface area contributed by atoms with Crippen molar-refractivity contribution in [2.45, 2.75) is 32.2 Å². The van der Waals surface area contributed by atoms with Crippen molar-refractivity contribution < 1.29 is 4.92 Å². The van der Waals surface area contributed by atoms with E-state index in [9.17, 15) is 10.1 Å². The lowest BCUT2D eigenvalue weighted by molar-refractivity contribution is -0.383. The van der Waals surface area contributed by atoms with E-state index < -0.39 is 0 Å². The molecule has 0 fully saturated rings. The van der Waals surface area contributed by atoms with Crippen LogP contribution in [-0.2, 0) is 0 Å². The van der Waals surface area contributed by atoms with Gasteiger partial charge in [-0.15, -0.1) is 0 Å². The number of nitro groups is 1. The summed E-state index contributed by atoms with van der Waals surface area (Å²) in [5.74, 6) is 1.01. The van der Waals surface area contributed by atoms with Crippen molar-refractivity contribution in [2.75, 3.05) is 11.1 Å². The fourth-order valence-electron chi connectivity index (χ4n) is 2.74. The molecule has 0 amide bonds. The van der Waals surface area contributed by atoms with Crippen LogP contribution in [0.2, 0.25) is 0 Å². The highest BCUT2D eigenvalue weighted by Crippen LogP contribution is 2.32. The first-order chi connectivity index (χ1) is 11.2. The van der Waals surface area contributed by atoms with E-state index in [1.807, 2.05) is 18.2 Å². The third-order valence-corrected chi connectivity index (χ3v) is 4.97. The molecular formula is C17H19N3O2S. The minimum absolute atomic E-state index is 0.132. The van der Waals surface area contributed by atoms with Crippen molar-refractivity contribution in [1.29, 1.82) is 0 Å². The molecule has 0 saturated carbocycles. The van der Waals surface area contributed by atoms with E-state index in [2.05, 4.69) is 12.2 Å². The van der Waals surface area contributed by atoms with Gasteiger partial charge >= 0.3 is 0 Å². The summed E-state index contributed by atoms with van der Waals surface area (Å²) in [6.45, 7) is 2.19. The molecule has 23 heavy (non-hydrogen) atoms. The lowest BCUT2D eigenvalue weighted by atomic mass is 10.1. The Bertz CT molecular complexity index is 761. The molecule has 1 atom stereocenters. The van der Waals surface area contributed by atoms with Gasteiger partial charge in [0.2, 0.25) is 0 Å². The number of fused-ring (bicyclic) bond motifs is 1. The number of benzene rings is 2. The van der Waals surface area contributed by atoms with Gasteiger partial charge in [-0.1, -0.05) is 49.7 Å². The zero-order chi connectivity index (χ0) is 16.2. The van der Waals surface area contributed by atoms with E-state index >= 15 is 0 Å². The number of unbranched alkanes of at least 4 members (excludes halogenated alkanes) is 1. The van der Waals surface area contributed by atoms with Gasteiger partial charge in [0.05, 0.1) is 16.4 Å². The molecule has 1 aliphatic rings. The predicted molar refractivity (Wildman–Crippen MR) is 97.4 cm³/mol. The Kier molecular flexibility index (Phi) is 4.81. The Morgan fingerprint density at radius 3 is 2.83 bits per heavy atom. The number of anilines is 1. The van der Waals surface area contributed by atoms with E-state index in [0.717, 1.165) is 28.4 Å². The van der Waals surface area contributed by atoms with Crippen molar-refractivity contribution in [2.24, 2.45) is 4.99 Å². The van der Waals surface area contributed by atoms with Crippen LogP contribution < -0.4 is 5.32 Å². The van der Waals surface area contributed by atoms with Gasteiger partial charge in [-0.2, -0.15) is 0 Å². The minimum atomic E-state index is -0.339. The van der Waals surface area contributed by atoms with Crippen LogP contribution in [0.15, 0.2) is 41.4 Å². The highest BCUT2D eigenvalue weighted by molar-refractivity contribution is 8.14. The molecule has 0 aromatic heterocycles. The second-order valence-corrected chi connectivity index (χ2v) is 6.61. The van der Waals surface area contributed by atoms with Gasteiger partial charge in [-0.25, -0.2) is 0 Å². The average Bonchev–Trinajstić information content (AvgIpc) is 3.00. The molecule has 120 valence electrons. The molecule has 0 aliphatic carbocycles. The highest BCUT2D eigenvalue weighted by Gasteiger charge is 2.19. The van der Waals surface area contributed by atoms with Crippen LogP contribution in [0.4, 0.5) is 11.4 Å². The molecule has 0 bridgehead atoms. The summed E-state index contributed by atoms with van der Waals surface area (Å²) >= 11 is 1.72. The van der Waals surface area contributed by atoms with Crippen molar-refractivity contribution in [1.82, 2.24) is 0 Å². The molecule has 0 spiro atoms. The van der Waals surface area contributed by atoms with E-state index in [4.69, 9.17) is 4.99 Å². The van der Waals surface area contributed by atoms with E-state index in [1.54, 1.807) is 30.0 Å². The van der Waals surface area contributed by atoms with Crippen molar-refractivity contribution in [3.63, 3.8) is 0 Å². The minimum Gasteiger partial charge on any atom is -0.334 e. The van der Waals surface area contributed by atoms with Gasteiger partial charge in [0, 0.05) is 22.9 Å². The van der Waals surface area contributed by atoms with Gasteiger partial charge in [-0.05, 0) is 18.6 Å². The van der Waals surface area contributed by atoms with Gasteiger partial charge in [0.15, 0.2) is 5.17 Å². The quantitative estimate of drug-likeness (QED) is 0.630. The van der Waals surface area contributed by atoms with E-state index in [-0.39, 0.29) is 10.6 Å². The smallest absolute Gasteiger partial charge is 0.277 e. The molecule has 6 heteroatoms. The number of hydrogen-bond donors (Lipinski definition) is 1. The fraction of sp³-hybridized carbons (Fsp3) is 0.353. The average molecular weight is 329 g/mol. The fourth-order valence-corrected chi connectivity index (χ4v) is 3.74. The Balaban J connectivity index is 1.87. The second-order valence-electron chi connectivity index (χ2n) is 5.60. The van der Waals surface area contributed by atoms with Crippen LogP contribution in [0.1, 0.15) is 26.2 Å². The number of amidine groups is 1. The van der Waals surface area contributed by atoms with Gasteiger partial charge in [0.25, 0.3) is 5.69 Å². The Hall–Kier alpha value is -2.08. The van der Waals surface area contributed by atoms with Crippen LogP contribution in [0.25, 0.3) is 10.8 Å². The van der Waals surface area contributed by atoms with Crippen LogP contribution in [0.5, 0.6) is 0 Å². The maximum absolute atomic E-state index is 11.2. The summed E-state index contributed by atoms with van der Waals surface area (Å²) in [5, 5.41) is 16.9. The second kappa shape index (κ2) is 7.00. The molecule has 0 radical (unpaired) electrons. The third kappa shape index (κ3) is 3.47. The first-order valence-electron chi connectivity index (χ1n) is 7.82. The van der Waals surface area contributed by atoms with Gasteiger partial charge < -0.3 is 5.32 Å². The number of nitrogens with one attached hydrogen (secondary N) is 1. The molecule has 3 rings (SSSR count). The van der Waals surface area contributed by atoms with Gasteiger partial charge in [0.1, 0.15) is 0 Å². The Morgan fingerprint density at radius 1 is 1.30 bits per heavy atom. The Labute approximate surface area is 139 Å². The first-order valence-corrected chi connectivity index (χ1v) is 8.81. The number of hydrogen-bond acceptors (Lipinski definition) is 5. The maximum atomic E-state index is 11.2. The number of aliphatic imine (C=N–C) groups is 1. The molecule has 2 aromatic rings. The maximum Gasteiger partial charge on any atom is 0.277 e. The molecule has 1 unspecified atom stereocenters. The zero-order valence-corrected chi connectivity index (χ0v) is 13.8. The SMILES string of the molecule is CCCCC1CSC(Nc2ccc([N+](=O)[O-])c3ccccc23)=N1. The number of non-ortho nitro benzene ring substituents is 1. The summed E-state index contributed by atoms with van der Waals surface area (Å²) in [5.41, 5.74) is 1.00. The summed E-state index contributed by atoms with van der Waals surface area (Å²) in [4.78, 5) is 15.6. The van der Waals surface area contributed by atoms with Crippen LogP contribution in [-0.4, -0.2) is 21.9 Å². The molecule has 1 aliphatic heterocycles. The van der Waals surface area contributed by atoms with E-state index in [1.165, 1.54) is 12.8 Å². The predicted octanol–water partition coefficient (Wildman–Crippen LogP) is 4.82. The molecule has 2 aromatic carbocycles. The van der Waals surface area contributed by atoms with Crippen LogP contribution >= 0.6 is 11.8 Å². The molecular weight excluding hydrogens is 310 g/mol. The van der Waals surface area contributed by atoms with Crippen LogP contribution in [0, 0.1) is 10.1 Å². The summed E-state index contributed by atoms with van der Waals surface area (Å²) in [6, 6.07) is 11.1. The normalized spacial score (nSPS) is 17.3. The van der Waals surface area contributed by atoms with Crippen molar-refractivity contribution in [3.05, 3.63) is 46.5 Å². The molecule has 1 N–H and O–H groups in total.